The summed E-state index contributed by atoms with van der Waals surface area (Å²) in [6.45, 7) is 4.67. The summed E-state index contributed by atoms with van der Waals surface area (Å²) < 4.78 is 12.9. The Balaban J connectivity index is 2.08. The molecule has 1 aromatic carbocycles. The van der Waals surface area contributed by atoms with E-state index in [0.29, 0.717) is 18.5 Å². The van der Waals surface area contributed by atoms with Crippen molar-refractivity contribution in [1.29, 1.82) is 0 Å². The highest BCUT2D eigenvalue weighted by Gasteiger charge is 2.41. The number of hydrogen-bond acceptors (Lipinski definition) is 3. The second-order valence-corrected chi connectivity index (χ2v) is 5.36. The summed E-state index contributed by atoms with van der Waals surface area (Å²) in [7, 11) is 0. The van der Waals surface area contributed by atoms with E-state index in [9.17, 15) is 14.3 Å². The fraction of sp³-hybridized carbons (Fsp3) is 0.533. The molecule has 2 N–H and O–H groups in total. The Hall–Kier alpha value is -1.62. The van der Waals surface area contributed by atoms with Crippen molar-refractivity contribution in [1.82, 2.24) is 4.90 Å². The fourth-order valence-electron chi connectivity index (χ4n) is 2.68. The van der Waals surface area contributed by atoms with E-state index in [4.69, 9.17) is 0 Å². The molecule has 1 aliphatic heterocycles. The number of piperidine rings is 1. The molecule has 2 rings (SSSR count). The molecule has 0 radical (unpaired) electrons. The molecule has 1 saturated heterocycles. The minimum Gasteiger partial charge on any atom is -0.480 e. The maximum Gasteiger partial charge on any atom is 0.329 e. The van der Waals surface area contributed by atoms with Gasteiger partial charge in [-0.2, -0.15) is 0 Å². The lowest BCUT2D eigenvalue weighted by Gasteiger charge is -2.39. The standard InChI is InChI=1S/C15H21FN2O2/c1-2-9-18-10-7-15(8-11-18,14(19)20)17-13-5-3-12(16)4-6-13/h3-6,17H,2,7-11H2,1H3,(H,19,20). The largest absolute Gasteiger partial charge is 0.480 e. The van der Waals surface area contributed by atoms with Gasteiger partial charge in [0.25, 0.3) is 0 Å². The molecule has 1 heterocycles. The van der Waals surface area contributed by atoms with Gasteiger partial charge in [-0.05, 0) is 50.1 Å². The van der Waals surface area contributed by atoms with Crippen LogP contribution in [0.2, 0.25) is 0 Å². The van der Waals surface area contributed by atoms with Crippen LogP contribution in [0.15, 0.2) is 24.3 Å². The highest BCUT2D eigenvalue weighted by Crippen LogP contribution is 2.27. The molecule has 0 aliphatic carbocycles. The molecule has 1 aromatic rings. The molecular weight excluding hydrogens is 259 g/mol. The van der Waals surface area contributed by atoms with Crippen molar-refractivity contribution in [3.63, 3.8) is 0 Å². The predicted octanol–water partition coefficient (Wildman–Crippen LogP) is 2.57. The van der Waals surface area contributed by atoms with Crippen LogP contribution in [0.5, 0.6) is 0 Å². The zero-order valence-corrected chi connectivity index (χ0v) is 11.7. The lowest BCUT2D eigenvalue weighted by atomic mass is 9.87. The number of carboxylic acid groups (broad SMARTS) is 1. The Labute approximate surface area is 118 Å². The van der Waals surface area contributed by atoms with Crippen molar-refractivity contribution in [2.75, 3.05) is 25.0 Å². The van der Waals surface area contributed by atoms with Gasteiger partial charge in [0.15, 0.2) is 0 Å². The summed E-state index contributed by atoms with van der Waals surface area (Å²) in [5, 5.41) is 12.7. The first kappa shape index (κ1) is 14.8. The summed E-state index contributed by atoms with van der Waals surface area (Å²) in [5.74, 6) is -1.16. The smallest absolute Gasteiger partial charge is 0.329 e. The van der Waals surface area contributed by atoms with Gasteiger partial charge in [0.05, 0.1) is 0 Å². The van der Waals surface area contributed by atoms with E-state index in [1.165, 1.54) is 12.1 Å². The van der Waals surface area contributed by atoms with Crippen molar-refractivity contribution in [3.05, 3.63) is 30.1 Å². The van der Waals surface area contributed by atoms with Gasteiger partial charge in [-0.1, -0.05) is 6.92 Å². The molecule has 0 bridgehead atoms. The Morgan fingerprint density at radius 3 is 2.45 bits per heavy atom. The summed E-state index contributed by atoms with van der Waals surface area (Å²) in [6, 6.07) is 5.84. The van der Waals surface area contributed by atoms with Gasteiger partial charge < -0.3 is 15.3 Å². The number of carboxylic acids is 1. The van der Waals surface area contributed by atoms with Crippen LogP contribution < -0.4 is 5.32 Å². The van der Waals surface area contributed by atoms with Crippen LogP contribution in [0.4, 0.5) is 10.1 Å². The van der Waals surface area contributed by atoms with E-state index in [1.807, 2.05) is 0 Å². The molecule has 0 spiro atoms. The van der Waals surface area contributed by atoms with Gasteiger partial charge in [-0.25, -0.2) is 9.18 Å². The number of anilines is 1. The molecule has 0 amide bonds. The van der Waals surface area contributed by atoms with Gasteiger partial charge >= 0.3 is 5.97 Å². The Morgan fingerprint density at radius 1 is 1.35 bits per heavy atom. The number of nitrogens with zero attached hydrogens (tertiary/aromatic N) is 1. The average Bonchev–Trinajstić information content (AvgIpc) is 2.44. The van der Waals surface area contributed by atoms with Crippen molar-refractivity contribution in [3.8, 4) is 0 Å². The van der Waals surface area contributed by atoms with Crippen molar-refractivity contribution < 1.29 is 14.3 Å². The van der Waals surface area contributed by atoms with Crippen LogP contribution in [0.1, 0.15) is 26.2 Å². The zero-order chi connectivity index (χ0) is 14.6. The van der Waals surface area contributed by atoms with Crippen molar-refractivity contribution in [2.45, 2.75) is 31.7 Å². The second-order valence-electron chi connectivity index (χ2n) is 5.36. The van der Waals surface area contributed by atoms with E-state index >= 15 is 0 Å². The van der Waals surface area contributed by atoms with Crippen molar-refractivity contribution >= 4 is 11.7 Å². The topological polar surface area (TPSA) is 52.6 Å². The van der Waals surface area contributed by atoms with Gasteiger partial charge in [-0.15, -0.1) is 0 Å². The molecule has 0 aromatic heterocycles. The van der Waals surface area contributed by atoms with E-state index in [0.717, 1.165) is 26.1 Å². The van der Waals surface area contributed by atoms with Crippen LogP contribution in [0, 0.1) is 5.82 Å². The van der Waals surface area contributed by atoms with Crippen LogP contribution >= 0.6 is 0 Å². The van der Waals surface area contributed by atoms with E-state index < -0.39 is 11.5 Å². The lowest BCUT2D eigenvalue weighted by Crippen LogP contribution is -2.54. The normalized spacial score (nSPS) is 18.7. The number of benzene rings is 1. The molecule has 4 nitrogen and oxygen atoms in total. The molecule has 0 unspecified atom stereocenters. The SMILES string of the molecule is CCCN1CCC(Nc2ccc(F)cc2)(C(=O)O)CC1. The highest BCUT2D eigenvalue weighted by atomic mass is 19.1. The number of hydrogen-bond donors (Lipinski definition) is 2. The third-order valence-electron chi connectivity index (χ3n) is 3.89. The third kappa shape index (κ3) is 3.28. The monoisotopic (exact) mass is 280 g/mol. The fourth-order valence-corrected chi connectivity index (χ4v) is 2.68. The summed E-state index contributed by atoms with van der Waals surface area (Å²) in [6.07, 6.45) is 2.19. The van der Waals surface area contributed by atoms with Crippen LogP contribution in [-0.2, 0) is 4.79 Å². The number of aliphatic carboxylic acids is 1. The van der Waals surface area contributed by atoms with Crippen LogP contribution in [0.25, 0.3) is 0 Å². The van der Waals surface area contributed by atoms with Gasteiger partial charge in [0, 0.05) is 18.8 Å². The molecule has 0 atom stereocenters. The number of nitrogens with one attached hydrogen (secondary N) is 1. The molecule has 0 saturated carbocycles. The number of likely N-dealkylation sites (tertiary alicyclic amines) is 1. The van der Waals surface area contributed by atoms with E-state index in [2.05, 4.69) is 17.1 Å². The van der Waals surface area contributed by atoms with Gasteiger partial charge in [-0.3, -0.25) is 0 Å². The highest BCUT2D eigenvalue weighted by molar-refractivity contribution is 5.83. The maximum absolute atomic E-state index is 12.9. The molecule has 110 valence electrons. The lowest BCUT2D eigenvalue weighted by molar-refractivity contribution is -0.144. The first-order chi connectivity index (χ1) is 9.55. The number of carbonyl (C=O) groups is 1. The molecule has 1 aliphatic rings. The maximum atomic E-state index is 12.9. The zero-order valence-electron chi connectivity index (χ0n) is 11.7. The first-order valence-electron chi connectivity index (χ1n) is 7.05. The first-order valence-corrected chi connectivity index (χ1v) is 7.05. The molecule has 1 fully saturated rings. The van der Waals surface area contributed by atoms with Gasteiger partial charge in [0.2, 0.25) is 0 Å². The predicted molar refractivity (Wildman–Crippen MR) is 76.4 cm³/mol. The average molecular weight is 280 g/mol. The molecule has 5 heteroatoms. The van der Waals surface area contributed by atoms with E-state index in [1.54, 1.807) is 12.1 Å². The van der Waals surface area contributed by atoms with Crippen LogP contribution in [0.3, 0.4) is 0 Å². The van der Waals surface area contributed by atoms with Crippen LogP contribution in [-0.4, -0.2) is 41.1 Å². The Kier molecular flexibility index (Phi) is 4.60. The minimum absolute atomic E-state index is 0.322. The van der Waals surface area contributed by atoms with Gasteiger partial charge in [0.1, 0.15) is 11.4 Å². The Bertz CT molecular complexity index is 453. The summed E-state index contributed by atoms with van der Waals surface area (Å²) in [5.41, 5.74) is -0.292. The summed E-state index contributed by atoms with van der Waals surface area (Å²) >= 11 is 0. The summed E-state index contributed by atoms with van der Waals surface area (Å²) in [4.78, 5) is 13.9. The second kappa shape index (κ2) is 6.22. The molecular formula is C15H21FN2O2. The minimum atomic E-state index is -0.942. The number of rotatable bonds is 5. The number of halogens is 1. The molecule has 20 heavy (non-hydrogen) atoms. The van der Waals surface area contributed by atoms with E-state index in [-0.39, 0.29) is 5.82 Å². The quantitative estimate of drug-likeness (QED) is 0.870. The Morgan fingerprint density at radius 2 is 1.95 bits per heavy atom. The van der Waals surface area contributed by atoms with Crippen molar-refractivity contribution in [2.24, 2.45) is 0 Å². The third-order valence-corrected chi connectivity index (χ3v) is 3.89.